The molecule has 2 amide bonds. The molecule has 2 fully saturated rings. The first-order valence-corrected chi connectivity index (χ1v) is 11.0. The lowest BCUT2D eigenvalue weighted by molar-refractivity contribution is -0.143. The van der Waals surface area contributed by atoms with E-state index in [1.54, 1.807) is 18.2 Å². The van der Waals surface area contributed by atoms with Crippen LogP contribution in [0.25, 0.3) is 0 Å². The number of alkyl halides is 6. The molecule has 6 nitrogen and oxygen atoms in total. The predicted molar refractivity (Wildman–Crippen MR) is 115 cm³/mol. The second kappa shape index (κ2) is 9.21. The molecule has 0 saturated carbocycles. The Hall–Kier alpha value is -3.44. The van der Waals surface area contributed by atoms with E-state index in [9.17, 15) is 35.9 Å². The molecule has 0 aliphatic carbocycles. The fraction of sp³-hybridized carbons (Fsp3) is 0.417. The summed E-state index contributed by atoms with van der Waals surface area (Å²) in [6.45, 7) is 0.205. The minimum atomic E-state index is -5.06. The highest BCUT2D eigenvalue weighted by molar-refractivity contribution is 5.94. The van der Waals surface area contributed by atoms with Crippen molar-refractivity contribution in [3.8, 4) is 5.75 Å². The average molecular weight is 516 g/mol. The summed E-state index contributed by atoms with van der Waals surface area (Å²) in [4.78, 5) is 26.2. The van der Waals surface area contributed by atoms with Crippen LogP contribution in [0.15, 0.2) is 42.5 Å². The van der Waals surface area contributed by atoms with Crippen LogP contribution in [0.3, 0.4) is 0 Å². The fourth-order valence-electron chi connectivity index (χ4n) is 4.74. The van der Waals surface area contributed by atoms with Gasteiger partial charge in [-0.25, -0.2) is 4.79 Å². The van der Waals surface area contributed by atoms with Gasteiger partial charge in [-0.15, -0.1) is 0 Å². The van der Waals surface area contributed by atoms with E-state index in [0.717, 1.165) is 5.56 Å². The monoisotopic (exact) mass is 516 g/mol. The molecule has 2 aliphatic rings. The van der Waals surface area contributed by atoms with Gasteiger partial charge in [0, 0.05) is 44.0 Å². The zero-order valence-electron chi connectivity index (χ0n) is 19.0. The van der Waals surface area contributed by atoms with Crippen LogP contribution < -0.4 is 10.1 Å². The van der Waals surface area contributed by atoms with Crippen molar-refractivity contribution < 1.29 is 45.4 Å². The van der Waals surface area contributed by atoms with E-state index in [2.05, 4.69) is 5.32 Å². The number of alkyl carbamates (subject to hydrolysis) is 1. The Labute approximate surface area is 202 Å². The Morgan fingerprint density at radius 1 is 1.03 bits per heavy atom. The van der Waals surface area contributed by atoms with Gasteiger partial charge in [0.2, 0.25) is 0 Å². The summed E-state index contributed by atoms with van der Waals surface area (Å²) in [6, 6.07) is 8.00. The zero-order valence-corrected chi connectivity index (χ0v) is 19.0. The Morgan fingerprint density at radius 2 is 1.64 bits per heavy atom. The van der Waals surface area contributed by atoms with Gasteiger partial charge in [0.25, 0.3) is 5.91 Å². The molecule has 1 atom stereocenters. The van der Waals surface area contributed by atoms with Crippen LogP contribution in [0.5, 0.6) is 5.75 Å². The van der Waals surface area contributed by atoms with E-state index in [-0.39, 0.29) is 44.5 Å². The highest BCUT2D eigenvalue weighted by Crippen LogP contribution is 2.43. The van der Waals surface area contributed by atoms with Gasteiger partial charge in [0.15, 0.2) is 0 Å². The molecule has 2 saturated heterocycles. The first-order valence-electron chi connectivity index (χ1n) is 11.0. The number of methoxy groups -OCH3 is 1. The van der Waals surface area contributed by atoms with Crippen molar-refractivity contribution in [2.24, 2.45) is 0 Å². The summed E-state index contributed by atoms with van der Waals surface area (Å²) in [5, 5.41) is 2.64. The van der Waals surface area contributed by atoms with Gasteiger partial charge in [0.05, 0.1) is 18.2 Å². The van der Waals surface area contributed by atoms with Crippen LogP contribution in [-0.4, -0.2) is 49.2 Å². The molecule has 4 rings (SSSR count). The number of nitrogens with one attached hydrogen (secondary N) is 1. The smallest absolute Gasteiger partial charge is 0.416 e. The third-order valence-corrected chi connectivity index (χ3v) is 6.61. The van der Waals surface area contributed by atoms with Crippen LogP contribution >= 0.6 is 0 Å². The third-order valence-electron chi connectivity index (χ3n) is 6.61. The van der Waals surface area contributed by atoms with Gasteiger partial charge in [-0.2, -0.15) is 26.3 Å². The summed E-state index contributed by atoms with van der Waals surface area (Å²) in [5.74, 6) is -0.676. The lowest BCUT2D eigenvalue weighted by Gasteiger charge is -2.48. The summed E-state index contributed by atoms with van der Waals surface area (Å²) in [7, 11) is 1.51. The number of hydrogen-bond acceptors (Lipinski definition) is 4. The van der Waals surface area contributed by atoms with Gasteiger partial charge in [0.1, 0.15) is 11.4 Å². The van der Waals surface area contributed by atoms with Gasteiger partial charge in [-0.1, -0.05) is 12.1 Å². The second-order valence-corrected chi connectivity index (χ2v) is 8.75. The first-order chi connectivity index (χ1) is 16.8. The Bertz CT molecular complexity index is 1120. The summed E-state index contributed by atoms with van der Waals surface area (Å²) >= 11 is 0. The number of rotatable bonds is 3. The van der Waals surface area contributed by atoms with E-state index in [4.69, 9.17) is 9.47 Å². The van der Waals surface area contributed by atoms with Crippen molar-refractivity contribution in [3.63, 3.8) is 0 Å². The largest absolute Gasteiger partial charge is 0.497 e. The lowest BCUT2D eigenvalue weighted by Crippen LogP contribution is -2.58. The molecule has 2 aromatic carbocycles. The molecule has 12 heteroatoms. The molecular formula is C24H22F6N2O4. The molecule has 0 unspecified atom stereocenters. The molecule has 2 heterocycles. The standard InChI is InChI=1S/C24H22F6N2O4/c1-35-18-4-2-3-14(11-18)19-13-31-21(34)36-22(19)5-7-32(8-6-22)20(33)15-9-16(23(25,26)27)12-17(10-15)24(28,29)30/h2-4,9-12,19H,5-8,13H2,1H3,(H,31,34)/t19-/m1/s1. The number of carbonyl (C=O) groups is 2. The highest BCUT2D eigenvalue weighted by atomic mass is 19.4. The molecule has 0 bridgehead atoms. The number of likely N-dealkylation sites (tertiary alicyclic amines) is 1. The molecule has 2 aromatic rings. The number of nitrogens with zero attached hydrogens (tertiary/aromatic N) is 1. The van der Waals surface area contributed by atoms with Gasteiger partial charge < -0.3 is 19.7 Å². The van der Waals surface area contributed by atoms with Crippen LogP contribution in [0.4, 0.5) is 31.1 Å². The van der Waals surface area contributed by atoms with Gasteiger partial charge in [-0.3, -0.25) is 4.79 Å². The zero-order chi connectivity index (χ0) is 26.3. The number of hydrogen-bond donors (Lipinski definition) is 1. The molecule has 0 radical (unpaired) electrons. The SMILES string of the molecule is COc1cccc([C@H]2CNC(=O)OC23CCN(C(=O)c2cc(C(F)(F)F)cc(C(F)(F)F)c2)CC3)c1. The maximum absolute atomic E-state index is 13.2. The average Bonchev–Trinajstić information content (AvgIpc) is 2.83. The number of amides is 2. The molecule has 194 valence electrons. The van der Waals surface area contributed by atoms with Gasteiger partial charge >= 0.3 is 18.4 Å². The van der Waals surface area contributed by atoms with Crippen LogP contribution in [0.1, 0.15) is 45.8 Å². The number of piperidine rings is 1. The number of benzene rings is 2. The van der Waals surface area contributed by atoms with Crippen molar-refractivity contribution in [3.05, 3.63) is 64.7 Å². The first kappa shape index (κ1) is 25.6. The molecular weight excluding hydrogens is 494 g/mol. The number of carbonyl (C=O) groups excluding carboxylic acids is 2. The molecule has 1 spiro atoms. The number of halogens is 6. The van der Waals surface area contributed by atoms with E-state index < -0.39 is 46.6 Å². The van der Waals surface area contributed by atoms with Gasteiger partial charge in [-0.05, 0) is 35.9 Å². The van der Waals surface area contributed by atoms with Crippen molar-refractivity contribution in [2.45, 2.75) is 36.7 Å². The van der Waals surface area contributed by atoms with Crippen LogP contribution in [-0.2, 0) is 17.1 Å². The molecule has 1 N–H and O–H groups in total. The number of ether oxygens (including phenoxy) is 2. The maximum atomic E-state index is 13.2. The quantitative estimate of drug-likeness (QED) is 0.568. The normalized spacial score (nSPS) is 20.0. The predicted octanol–water partition coefficient (Wildman–Crippen LogP) is 5.23. The maximum Gasteiger partial charge on any atom is 0.416 e. The van der Waals surface area contributed by atoms with Crippen molar-refractivity contribution in [2.75, 3.05) is 26.7 Å². The van der Waals surface area contributed by atoms with Crippen molar-refractivity contribution in [1.82, 2.24) is 10.2 Å². The fourth-order valence-corrected chi connectivity index (χ4v) is 4.74. The molecule has 0 aromatic heterocycles. The van der Waals surface area contributed by atoms with Crippen molar-refractivity contribution in [1.29, 1.82) is 0 Å². The third kappa shape index (κ3) is 5.07. The Morgan fingerprint density at radius 3 is 2.19 bits per heavy atom. The summed E-state index contributed by atoms with van der Waals surface area (Å²) < 4.78 is 90.3. The minimum Gasteiger partial charge on any atom is -0.497 e. The Kier molecular flexibility index (Phi) is 6.56. The Balaban J connectivity index is 1.59. The lowest BCUT2D eigenvalue weighted by atomic mass is 9.74. The van der Waals surface area contributed by atoms with Crippen LogP contribution in [0, 0.1) is 0 Å². The van der Waals surface area contributed by atoms with Crippen LogP contribution in [0.2, 0.25) is 0 Å². The topological polar surface area (TPSA) is 67.9 Å². The second-order valence-electron chi connectivity index (χ2n) is 8.75. The highest BCUT2D eigenvalue weighted by Gasteiger charge is 2.49. The minimum absolute atomic E-state index is 0.0187. The van der Waals surface area contributed by atoms with E-state index >= 15 is 0 Å². The van der Waals surface area contributed by atoms with E-state index in [1.165, 1.54) is 12.0 Å². The van der Waals surface area contributed by atoms with Crippen molar-refractivity contribution >= 4 is 12.0 Å². The molecule has 36 heavy (non-hydrogen) atoms. The van der Waals surface area contributed by atoms with E-state index in [1.807, 2.05) is 6.07 Å². The summed E-state index contributed by atoms with van der Waals surface area (Å²) in [6.07, 6.45) is -10.5. The molecule has 2 aliphatic heterocycles. The van der Waals surface area contributed by atoms with E-state index in [0.29, 0.717) is 17.9 Å². The summed E-state index contributed by atoms with van der Waals surface area (Å²) in [5.41, 5.74) is -4.00.